The van der Waals surface area contributed by atoms with Crippen molar-refractivity contribution < 1.29 is 4.79 Å². The lowest BCUT2D eigenvalue weighted by Crippen LogP contribution is -2.33. The molecule has 1 aromatic rings. The van der Waals surface area contributed by atoms with Gasteiger partial charge in [0, 0.05) is 23.3 Å². The second kappa shape index (κ2) is 8.08. The van der Waals surface area contributed by atoms with Gasteiger partial charge < -0.3 is 4.90 Å². The fourth-order valence-electron chi connectivity index (χ4n) is 1.65. The van der Waals surface area contributed by atoms with Crippen LogP contribution in [0.1, 0.15) is 23.7 Å². The number of hydrogen-bond donors (Lipinski definition) is 0. The van der Waals surface area contributed by atoms with Gasteiger partial charge in [-0.25, -0.2) is 0 Å². The summed E-state index contributed by atoms with van der Waals surface area (Å²) in [4.78, 5) is 15.3. The quantitative estimate of drug-likeness (QED) is 0.563. The Morgan fingerprint density at radius 2 is 2.17 bits per heavy atom. The number of carbonyl (C=O) groups excluding carboxylic acids is 1. The minimum Gasteiger partial charge on any atom is -0.338 e. The van der Waals surface area contributed by atoms with E-state index in [1.807, 2.05) is 23.3 Å². The second-order valence-corrected chi connectivity index (χ2v) is 5.91. The van der Waals surface area contributed by atoms with Crippen molar-refractivity contribution in [3.8, 4) is 0 Å². The number of nitrogens with zero attached hydrogens (tertiary/aromatic N) is 1. The lowest BCUT2D eigenvalue weighted by molar-refractivity contribution is 0.0766. The molecule has 5 heteroatoms. The molecule has 1 amide bonds. The number of amides is 1. The molecule has 0 aromatic heterocycles. The summed E-state index contributed by atoms with van der Waals surface area (Å²) in [5.74, 6) is 0.0113. The summed E-state index contributed by atoms with van der Waals surface area (Å²) in [6.45, 7) is 3.52. The number of benzene rings is 1. The molecule has 0 bridgehead atoms. The molecule has 0 heterocycles. The zero-order chi connectivity index (χ0) is 13.5. The molecule has 100 valence electrons. The molecule has 0 saturated heterocycles. The van der Waals surface area contributed by atoms with Crippen LogP contribution in [-0.4, -0.2) is 35.5 Å². The van der Waals surface area contributed by atoms with Crippen molar-refractivity contribution in [2.24, 2.45) is 0 Å². The van der Waals surface area contributed by atoms with Crippen molar-refractivity contribution in [3.05, 3.63) is 28.8 Å². The maximum absolute atomic E-state index is 12.4. The molecule has 0 N–H and O–H groups in total. The molecule has 18 heavy (non-hydrogen) atoms. The van der Waals surface area contributed by atoms with Crippen LogP contribution in [0.15, 0.2) is 23.1 Å². The molecule has 0 saturated carbocycles. The highest BCUT2D eigenvalue weighted by Gasteiger charge is 2.17. The Morgan fingerprint density at radius 1 is 1.44 bits per heavy atom. The van der Waals surface area contributed by atoms with Crippen molar-refractivity contribution in [2.45, 2.75) is 18.2 Å². The summed E-state index contributed by atoms with van der Waals surface area (Å²) in [5.41, 5.74) is 0.595. The highest BCUT2D eigenvalue weighted by Crippen LogP contribution is 2.24. The fourth-order valence-corrected chi connectivity index (χ4v) is 2.72. The van der Waals surface area contributed by atoms with Crippen LogP contribution < -0.4 is 0 Å². The Kier molecular flexibility index (Phi) is 7.12. The van der Waals surface area contributed by atoms with Crippen LogP contribution in [0.4, 0.5) is 0 Å². The van der Waals surface area contributed by atoms with Crippen molar-refractivity contribution in [1.82, 2.24) is 4.90 Å². The van der Waals surface area contributed by atoms with Gasteiger partial charge in [0.2, 0.25) is 0 Å². The molecule has 0 aliphatic heterocycles. The number of alkyl halides is 1. The Hall–Kier alpha value is -0.190. The van der Waals surface area contributed by atoms with Crippen molar-refractivity contribution in [1.29, 1.82) is 0 Å². The van der Waals surface area contributed by atoms with E-state index < -0.39 is 0 Å². The molecule has 0 aliphatic carbocycles. The fraction of sp³-hybridized carbons (Fsp3) is 0.462. The highest BCUT2D eigenvalue weighted by molar-refractivity contribution is 9.09. The highest BCUT2D eigenvalue weighted by atomic mass is 79.9. The molecule has 0 unspecified atom stereocenters. The number of rotatable bonds is 6. The van der Waals surface area contributed by atoms with Gasteiger partial charge in [0.1, 0.15) is 0 Å². The van der Waals surface area contributed by atoms with E-state index in [0.29, 0.717) is 17.1 Å². The summed E-state index contributed by atoms with van der Waals surface area (Å²) in [5, 5.41) is 1.30. The Balaban J connectivity index is 2.99. The van der Waals surface area contributed by atoms with Gasteiger partial charge in [-0.2, -0.15) is 0 Å². The predicted octanol–water partition coefficient (Wildman–Crippen LogP) is 4.31. The lowest BCUT2D eigenvalue weighted by Gasteiger charge is -2.21. The monoisotopic (exact) mass is 349 g/mol. The Morgan fingerprint density at radius 3 is 2.72 bits per heavy atom. The Labute approximate surface area is 126 Å². The number of thioether (sulfide) groups is 1. The summed E-state index contributed by atoms with van der Waals surface area (Å²) >= 11 is 11.1. The SMILES string of the molecule is CCCN(CCBr)C(=O)c1cc(SC)ccc1Cl. The van der Waals surface area contributed by atoms with Gasteiger partial charge >= 0.3 is 0 Å². The van der Waals surface area contributed by atoms with Gasteiger partial charge in [-0.15, -0.1) is 11.8 Å². The Bertz CT molecular complexity index is 408. The van der Waals surface area contributed by atoms with Crippen molar-refractivity contribution in [3.63, 3.8) is 0 Å². The first-order valence-corrected chi connectivity index (χ1v) is 8.55. The van der Waals surface area contributed by atoms with Crippen LogP contribution in [-0.2, 0) is 0 Å². The molecule has 0 spiro atoms. The van der Waals surface area contributed by atoms with Crippen LogP contribution >= 0.6 is 39.3 Å². The third-order valence-electron chi connectivity index (χ3n) is 2.54. The smallest absolute Gasteiger partial charge is 0.255 e. The zero-order valence-corrected chi connectivity index (χ0v) is 13.7. The first-order chi connectivity index (χ1) is 8.63. The van der Waals surface area contributed by atoms with Gasteiger partial charge in [-0.1, -0.05) is 34.5 Å². The standard InChI is InChI=1S/C13H17BrClNOS/c1-3-7-16(8-6-14)13(17)11-9-10(18-2)4-5-12(11)15/h4-5,9H,3,6-8H2,1-2H3. The van der Waals surface area contributed by atoms with Crippen molar-refractivity contribution >= 4 is 45.2 Å². The average Bonchev–Trinajstić information content (AvgIpc) is 2.38. The van der Waals surface area contributed by atoms with Crippen LogP contribution in [0.2, 0.25) is 5.02 Å². The van der Waals surface area contributed by atoms with E-state index in [4.69, 9.17) is 11.6 Å². The molecule has 0 radical (unpaired) electrons. The summed E-state index contributed by atoms with van der Waals surface area (Å²) in [6, 6.07) is 5.59. The molecular weight excluding hydrogens is 334 g/mol. The second-order valence-electron chi connectivity index (χ2n) is 3.83. The van der Waals surface area contributed by atoms with Gasteiger partial charge in [0.25, 0.3) is 5.91 Å². The molecular formula is C13H17BrClNOS. The van der Waals surface area contributed by atoms with Gasteiger partial charge in [-0.05, 0) is 30.9 Å². The first kappa shape index (κ1) is 15.9. The van der Waals surface area contributed by atoms with Gasteiger partial charge in [0.15, 0.2) is 0 Å². The number of carbonyl (C=O) groups is 1. The van der Waals surface area contributed by atoms with Gasteiger partial charge in [0.05, 0.1) is 10.6 Å². The molecule has 0 atom stereocenters. The largest absolute Gasteiger partial charge is 0.338 e. The first-order valence-electron chi connectivity index (χ1n) is 5.82. The number of hydrogen-bond acceptors (Lipinski definition) is 2. The lowest BCUT2D eigenvalue weighted by atomic mass is 10.2. The minimum absolute atomic E-state index is 0.0113. The molecule has 2 nitrogen and oxygen atoms in total. The molecule has 0 aliphatic rings. The van der Waals surface area contributed by atoms with E-state index >= 15 is 0 Å². The van der Waals surface area contributed by atoms with Crippen LogP contribution in [0.5, 0.6) is 0 Å². The van der Waals surface area contributed by atoms with E-state index in [9.17, 15) is 4.79 Å². The minimum atomic E-state index is 0.0113. The van der Waals surface area contributed by atoms with E-state index in [1.165, 1.54) is 0 Å². The summed E-state index contributed by atoms with van der Waals surface area (Å²) < 4.78 is 0. The maximum atomic E-state index is 12.4. The van der Waals surface area contributed by atoms with Gasteiger partial charge in [-0.3, -0.25) is 4.79 Å². The van der Waals surface area contributed by atoms with Crippen LogP contribution in [0.3, 0.4) is 0 Å². The van der Waals surface area contributed by atoms with Crippen LogP contribution in [0.25, 0.3) is 0 Å². The zero-order valence-electron chi connectivity index (χ0n) is 10.6. The topological polar surface area (TPSA) is 20.3 Å². The summed E-state index contributed by atoms with van der Waals surface area (Å²) in [6.07, 6.45) is 2.93. The predicted molar refractivity (Wildman–Crippen MR) is 83.2 cm³/mol. The third-order valence-corrected chi connectivity index (χ3v) is 3.95. The van der Waals surface area contributed by atoms with Crippen molar-refractivity contribution in [2.75, 3.05) is 24.7 Å². The van der Waals surface area contributed by atoms with Crippen LogP contribution in [0, 0.1) is 0 Å². The molecule has 1 aromatic carbocycles. The van der Waals surface area contributed by atoms with E-state index in [2.05, 4.69) is 22.9 Å². The van der Waals surface area contributed by atoms with E-state index in [-0.39, 0.29) is 5.91 Å². The average molecular weight is 351 g/mol. The van der Waals surface area contributed by atoms with E-state index in [1.54, 1.807) is 17.8 Å². The number of halogens is 2. The normalized spacial score (nSPS) is 10.4. The molecule has 1 rings (SSSR count). The van der Waals surface area contributed by atoms with E-state index in [0.717, 1.165) is 23.2 Å². The molecule has 0 fully saturated rings. The maximum Gasteiger partial charge on any atom is 0.255 e. The third kappa shape index (κ3) is 4.18. The summed E-state index contributed by atoms with van der Waals surface area (Å²) in [7, 11) is 0.